The molecule has 16 heavy (non-hydrogen) atoms. The van der Waals surface area contributed by atoms with E-state index in [2.05, 4.69) is 0 Å². The van der Waals surface area contributed by atoms with Gasteiger partial charge < -0.3 is 9.84 Å². The Labute approximate surface area is 97.3 Å². The van der Waals surface area contributed by atoms with Gasteiger partial charge in [-0.25, -0.2) is 0 Å². The smallest absolute Gasteiger partial charge is 0.0817 e. The highest BCUT2D eigenvalue weighted by Crippen LogP contribution is 2.41. The number of benzene rings is 1. The highest BCUT2D eigenvalue weighted by molar-refractivity contribution is 5.24. The Morgan fingerprint density at radius 3 is 2.69 bits per heavy atom. The van der Waals surface area contributed by atoms with Crippen molar-refractivity contribution in [3.05, 3.63) is 35.4 Å². The molecule has 0 heterocycles. The summed E-state index contributed by atoms with van der Waals surface area (Å²) in [5, 5.41) is 10.2. The van der Waals surface area contributed by atoms with Crippen molar-refractivity contribution < 1.29 is 9.84 Å². The topological polar surface area (TPSA) is 29.5 Å². The van der Waals surface area contributed by atoms with Gasteiger partial charge in [0.2, 0.25) is 0 Å². The zero-order chi connectivity index (χ0) is 11.6. The van der Waals surface area contributed by atoms with E-state index in [-0.39, 0.29) is 5.60 Å². The van der Waals surface area contributed by atoms with Gasteiger partial charge in [0.05, 0.1) is 11.7 Å². The Hall–Kier alpha value is -0.860. The summed E-state index contributed by atoms with van der Waals surface area (Å²) in [6, 6.07) is 8.08. The maximum Gasteiger partial charge on any atom is 0.0817 e. The normalized spacial score (nSPS) is 20.2. The van der Waals surface area contributed by atoms with Crippen LogP contribution in [0.4, 0.5) is 0 Å². The van der Waals surface area contributed by atoms with E-state index in [1.807, 2.05) is 31.2 Å². The summed E-state index contributed by atoms with van der Waals surface area (Å²) in [7, 11) is 1.75. The van der Waals surface area contributed by atoms with Gasteiger partial charge in [0.1, 0.15) is 0 Å². The third-order valence-electron chi connectivity index (χ3n) is 3.69. The molecule has 1 fully saturated rings. The average Bonchev–Trinajstić information content (AvgIpc) is 2.23. The molecule has 2 rings (SSSR count). The van der Waals surface area contributed by atoms with Crippen LogP contribution in [-0.2, 0) is 4.74 Å². The monoisotopic (exact) mass is 220 g/mol. The first-order chi connectivity index (χ1) is 7.65. The lowest BCUT2D eigenvalue weighted by Crippen LogP contribution is -2.40. The van der Waals surface area contributed by atoms with Crippen LogP contribution >= 0.6 is 0 Å². The number of hydrogen-bond donors (Lipinski definition) is 1. The lowest BCUT2D eigenvalue weighted by Gasteiger charge is -2.41. The Balaban J connectivity index is 2.05. The molecule has 0 aromatic heterocycles. The molecule has 1 aromatic rings. The minimum absolute atomic E-state index is 0.0663. The lowest BCUT2D eigenvalue weighted by molar-refractivity contribution is -0.0999. The molecule has 1 unspecified atom stereocenters. The number of aryl methyl sites for hydroxylation is 1. The summed E-state index contributed by atoms with van der Waals surface area (Å²) in [4.78, 5) is 0. The van der Waals surface area contributed by atoms with Crippen molar-refractivity contribution in [2.24, 2.45) is 0 Å². The molecule has 0 amide bonds. The van der Waals surface area contributed by atoms with Crippen molar-refractivity contribution in [1.82, 2.24) is 0 Å². The van der Waals surface area contributed by atoms with E-state index in [0.29, 0.717) is 6.42 Å². The molecule has 1 aliphatic carbocycles. The Morgan fingerprint density at radius 1 is 1.44 bits per heavy atom. The number of aliphatic hydroxyl groups excluding tert-OH is 1. The van der Waals surface area contributed by atoms with Crippen molar-refractivity contribution in [3.63, 3.8) is 0 Å². The molecule has 1 saturated carbocycles. The molecular weight excluding hydrogens is 200 g/mol. The molecule has 0 bridgehead atoms. The van der Waals surface area contributed by atoms with E-state index >= 15 is 0 Å². The van der Waals surface area contributed by atoms with Crippen molar-refractivity contribution in [2.45, 2.75) is 44.3 Å². The first kappa shape index (κ1) is 11.6. The molecule has 2 heteroatoms. The fourth-order valence-corrected chi connectivity index (χ4v) is 2.41. The maximum atomic E-state index is 10.2. The van der Waals surface area contributed by atoms with Gasteiger partial charge in [-0.05, 0) is 31.7 Å². The van der Waals surface area contributed by atoms with Crippen LogP contribution in [0.2, 0.25) is 0 Å². The second-order valence-electron chi connectivity index (χ2n) is 4.87. The van der Waals surface area contributed by atoms with Crippen LogP contribution < -0.4 is 0 Å². The molecule has 1 N–H and O–H groups in total. The summed E-state index contributed by atoms with van der Waals surface area (Å²) in [6.07, 6.45) is 3.68. The number of rotatable bonds is 4. The molecule has 0 radical (unpaired) electrons. The van der Waals surface area contributed by atoms with Crippen molar-refractivity contribution >= 4 is 0 Å². The molecule has 1 atom stereocenters. The van der Waals surface area contributed by atoms with Crippen molar-refractivity contribution in [2.75, 3.05) is 7.11 Å². The number of ether oxygens (including phenoxy) is 1. The molecule has 1 aliphatic rings. The summed E-state index contributed by atoms with van der Waals surface area (Å²) < 4.78 is 5.54. The predicted molar refractivity (Wildman–Crippen MR) is 64.3 cm³/mol. The molecule has 88 valence electrons. The van der Waals surface area contributed by atoms with Gasteiger partial charge >= 0.3 is 0 Å². The van der Waals surface area contributed by atoms with Gasteiger partial charge in [-0.15, -0.1) is 0 Å². The van der Waals surface area contributed by atoms with Gasteiger partial charge in [-0.1, -0.05) is 29.8 Å². The fraction of sp³-hybridized carbons (Fsp3) is 0.571. The van der Waals surface area contributed by atoms with Gasteiger partial charge in [-0.2, -0.15) is 0 Å². The second kappa shape index (κ2) is 4.56. The molecule has 1 aromatic carbocycles. The third-order valence-corrected chi connectivity index (χ3v) is 3.69. The Bertz CT molecular complexity index is 350. The van der Waals surface area contributed by atoms with Crippen LogP contribution in [0, 0.1) is 6.92 Å². The van der Waals surface area contributed by atoms with E-state index in [1.165, 1.54) is 12.0 Å². The quantitative estimate of drug-likeness (QED) is 0.845. The molecule has 0 saturated heterocycles. The second-order valence-corrected chi connectivity index (χ2v) is 4.87. The van der Waals surface area contributed by atoms with E-state index in [9.17, 15) is 5.11 Å². The molecule has 0 spiro atoms. The van der Waals surface area contributed by atoms with Crippen LogP contribution in [0.3, 0.4) is 0 Å². The lowest BCUT2D eigenvalue weighted by atomic mass is 9.75. The van der Waals surface area contributed by atoms with E-state index in [1.54, 1.807) is 7.11 Å². The third kappa shape index (κ3) is 2.28. The zero-order valence-electron chi connectivity index (χ0n) is 10.1. The Kier molecular flexibility index (Phi) is 3.31. The molecular formula is C14H20O2. The van der Waals surface area contributed by atoms with Gasteiger partial charge in [0.25, 0.3) is 0 Å². The van der Waals surface area contributed by atoms with Crippen LogP contribution in [-0.4, -0.2) is 17.8 Å². The first-order valence-corrected chi connectivity index (χ1v) is 5.95. The summed E-state index contributed by atoms with van der Waals surface area (Å²) in [6.45, 7) is 2.05. The van der Waals surface area contributed by atoms with E-state index in [4.69, 9.17) is 4.74 Å². The standard InChI is InChI=1S/C14H20O2/c1-11-5-3-6-12(9-11)13(15)10-14(16-2)7-4-8-14/h3,5-6,9,13,15H,4,7-8,10H2,1-2H3. The SMILES string of the molecule is COC1(CC(O)c2cccc(C)c2)CCC1. The van der Waals surface area contributed by atoms with E-state index < -0.39 is 6.10 Å². The molecule has 2 nitrogen and oxygen atoms in total. The maximum absolute atomic E-state index is 10.2. The first-order valence-electron chi connectivity index (χ1n) is 5.95. The highest BCUT2D eigenvalue weighted by atomic mass is 16.5. The highest BCUT2D eigenvalue weighted by Gasteiger charge is 2.38. The van der Waals surface area contributed by atoms with Gasteiger partial charge in [0, 0.05) is 13.5 Å². The van der Waals surface area contributed by atoms with Crippen molar-refractivity contribution in [3.8, 4) is 0 Å². The zero-order valence-corrected chi connectivity index (χ0v) is 10.1. The van der Waals surface area contributed by atoms with Gasteiger partial charge in [0.15, 0.2) is 0 Å². The average molecular weight is 220 g/mol. The number of aliphatic hydroxyl groups is 1. The molecule has 0 aliphatic heterocycles. The van der Waals surface area contributed by atoms with E-state index in [0.717, 1.165) is 18.4 Å². The minimum Gasteiger partial charge on any atom is -0.388 e. The summed E-state index contributed by atoms with van der Waals surface area (Å²) in [5.41, 5.74) is 2.13. The largest absolute Gasteiger partial charge is 0.388 e. The summed E-state index contributed by atoms with van der Waals surface area (Å²) >= 11 is 0. The van der Waals surface area contributed by atoms with Gasteiger partial charge in [-0.3, -0.25) is 0 Å². The summed E-state index contributed by atoms with van der Waals surface area (Å²) in [5.74, 6) is 0. The predicted octanol–water partition coefficient (Wildman–Crippen LogP) is 2.99. The number of hydrogen-bond acceptors (Lipinski definition) is 2. The fourth-order valence-electron chi connectivity index (χ4n) is 2.41. The van der Waals surface area contributed by atoms with Crippen LogP contribution in [0.5, 0.6) is 0 Å². The van der Waals surface area contributed by atoms with Crippen LogP contribution in [0.1, 0.15) is 42.9 Å². The number of methoxy groups -OCH3 is 1. The van der Waals surface area contributed by atoms with Crippen LogP contribution in [0.25, 0.3) is 0 Å². The Morgan fingerprint density at radius 2 is 2.19 bits per heavy atom. The van der Waals surface area contributed by atoms with Crippen LogP contribution in [0.15, 0.2) is 24.3 Å². The van der Waals surface area contributed by atoms with Crippen molar-refractivity contribution in [1.29, 1.82) is 0 Å². The minimum atomic E-state index is -0.403.